The van der Waals surface area contributed by atoms with E-state index in [9.17, 15) is 0 Å². The van der Waals surface area contributed by atoms with E-state index in [2.05, 4.69) is 0 Å². The second-order valence-electron chi connectivity index (χ2n) is 2.74. The molecule has 0 saturated heterocycles. The van der Waals surface area contributed by atoms with Crippen molar-refractivity contribution in [3.05, 3.63) is 12.2 Å². The van der Waals surface area contributed by atoms with E-state index in [4.69, 9.17) is 19.9 Å². The van der Waals surface area contributed by atoms with Crippen LogP contribution in [0.3, 0.4) is 0 Å². The summed E-state index contributed by atoms with van der Waals surface area (Å²) in [6.07, 6.45) is 4.72. The molecule has 0 radical (unpaired) electrons. The standard InChI is InChI=1S/C10H21NO3/c1-12-6-4-8-14-10-9-13-7-3-2-5-11/h2-3H,4-11H2,1H3/b3-2+. The van der Waals surface area contributed by atoms with Crippen molar-refractivity contribution in [3.8, 4) is 0 Å². The van der Waals surface area contributed by atoms with Crippen LogP contribution in [0.5, 0.6) is 0 Å². The lowest BCUT2D eigenvalue weighted by Crippen LogP contribution is -2.06. The van der Waals surface area contributed by atoms with Gasteiger partial charge >= 0.3 is 0 Å². The van der Waals surface area contributed by atoms with Gasteiger partial charge in [0.1, 0.15) is 0 Å². The molecule has 4 nitrogen and oxygen atoms in total. The van der Waals surface area contributed by atoms with Crippen molar-refractivity contribution in [3.63, 3.8) is 0 Å². The highest BCUT2D eigenvalue weighted by Gasteiger charge is 1.88. The lowest BCUT2D eigenvalue weighted by molar-refractivity contribution is 0.0487. The van der Waals surface area contributed by atoms with Gasteiger partial charge in [0.2, 0.25) is 0 Å². The number of ether oxygens (including phenoxy) is 3. The van der Waals surface area contributed by atoms with E-state index >= 15 is 0 Å². The molecule has 0 aliphatic heterocycles. The fourth-order valence-corrected chi connectivity index (χ4v) is 0.841. The van der Waals surface area contributed by atoms with Crippen molar-refractivity contribution in [2.24, 2.45) is 5.73 Å². The number of rotatable bonds is 10. The molecular weight excluding hydrogens is 182 g/mol. The molecule has 14 heavy (non-hydrogen) atoms. The van der Waals surface area contributed by atoms with Crippen molar-refractivity contribution in [2.45, 2.75) is 6.42 Å². The average molecular weight is 203 g/mol. The highest BCUT2D eigenvalue weighted by Crippen LogP contribution is 1.84. The third kappa shape index (κ3) is 11.6. The summed E-state index contributed by atoms with van der Waals surface area (Å²) in [6.45, 7) is 3.92. The molecule has 0 rings (SSSR count). The van der Waals surface area contributed by atoms with Crippen molar-refractivity contribution in [1.82, 2.24) is 0 Å². The largest absolute Gasteiger partial charge is 0.385 e. The summed E-state index contributed by atoms with van der Waals surface area (Å²) in [5, 5.41) is 0. The maximum atomic E-state index is 5.29. The lowest BCUT2D eigenvalue weighted by atomic mass is 10.5. The van der Waals surface area contributed by atoms with Gasteiger partial charge in [-0.1, -0.05) is 12.2 Å². The molecule has 0 amide bonds. The maximum absolute atomic E-state index is 5.29. The van der Waals surface area contributed by atoms with Gasteiger partial charge in [-0.2, -0.15) is 0 Å². The van der Waals surface area contributed by atoms with Gasteiger partial charge in [0, 0.05) is 26.9 Å². The normalized spacial score (nSPS) is 11.3. The number of hydrogen-bond donors (Lipinski definition) is 1. The molecule has 84 valence electrons. The molecule has 0 aromatic carbocycles. The minimum Gasteiger partial charge on any atom is -0.385 e. The first-order valence-electron chi connectivity index (χ1n) is 4.91. The first-order chi connectivity index (χ1) is 6.91. The monoisotopic (exact) mass is 203 g/mol. The Morgan fingerprint density at radius 3 is 2.50 bits per heavy atom. The molecular formula is C10H21NO3. The Morgan fingerprint density at radius 1 is 1.00 bits per heavy atom. The molecule has 0 atom stereocenters. The van der Waals surface area contributed by atoms with E-state index in [0.717, 1.165) is 19.6 Å². The van der Waals surface area contributed by atoms with E-state index in [-0.39, 0.29) is 0 Å². The number of hydrogen-bond acceptors (Lipinski definition) is 4. The lowest BCUT2D eigenvalue weighted by Gasteiger charge is -2.03. The van der Waals surface area contributed by atoms with Crippen LogP contribution < -0.4 is 5.73 Å². The quantitative estimate of drug-likeness (QED) is 0.416. The van der Waals surface area contributed by atoms with Crippen LogP contribution in [0.25, 0.3) is 0 Å². The van der Waals surface area contributed by atoms with E-state index < -0.39 is 0 Å². The first kappa shape index (κ1) is 13.6. The average Bonchev–Trinajstić information content (AvgIpc) is 2.21. The molecule has 0 aliphatic rings. The zero-order chi connectivity index (χ0) is 10.5. The number of nitrogens with two attached hydrogens (primary N) is 1. The first-order valence-corrected chi connectivity index (χ1v) is 4.91. The van der Waals surface area contributed by atoms with Crippen LogP contribution in [0.4, 0.5) is 0 Å². The van der Waals surface area contributed by atoms with E-state index in [1.54, 1.807) is 7.11 Å². The molecule has 0 heterocycles. The highest BCUT2D eigenvalue weighted by atomic mass is 16.5. The van der Waals surface area contributed by atoms with Gasteiger partial charge in [0.15, 0.2) is 0 Å². The molecule has 0 aliphatic carbocycles. The van der Waals surface area contributed by atoms with E-state index in [1.807, 2.05) is 12.2 Å². The fourth-order valence-electron chi connectivity index (χ4n) is 0.841. The SMILES string of the molecule is COCCCOCCOC/C=C/CN. The topological polar surface area (TPSA) is 53.7 Å². The molecule has 2 N–H and O–H groups in total. The van der Waals surface area contributed by atoms with Gasteiger partial charge in [-0.05, 0) is 6.42 Å². The van der Waals surface area contributed by atoms with Crippen LogP contribution in [0.2, 0.25) is 0 Å². The van der Waals surface area contributed by atoms with Gasteiger partial charge in [0.25, 0.3) is 0 Å². The summed E-state index contributed by atoms with van der Waals surface area (Å²) in [7, 11) is 1.69. The summed E-state index contributed by atoms with van der Waals surface area (Å²) < 4.78 is 15.4. The van der Waals surface area contributed by atoms with Gasteiger partial charge in [0.05, 0.1) is 19.8 Å². The molecule has 0 fully saturated rings. The van der Waals surface area contributed by atoms with Crippen LogP contribution in [-0.4, -0.2) is 46.7 Å². The minimum absolute atomic E-state index is 0.566. The Labute approximate surface area is 86.0 Å². The van der Waals surface area contributed by atoms with Crippen LogP contribution in [0, 0.1) is 0 Å². The van der Waals surface area contributed by atoms with Crippen molar-refractivity contribution < 1.29 is 14.2 Å². The summed E-state index contributed by atoms with van der Waals surface area (Å²) in [5.74, 6) is 0. The number of methoxy groups -OCH3 is 1. The Morgan fingerprint density at radius 2 is 1.79 bits per heavy atom. The summed E-state index contributed by atoms with van der Waals surface area (Å²) in [6, 6.07) is 0. The van der Waals surface area contributed by atoms with Crippen molar-refractivity contribution in [2.75, 3.05) is 46.7 Å². The molecule has 4 heteroatoms. The predicted octanol–water partition coefficient (Wildman–Crippen LogP) is 0.571. The Balaban J connectivity index is 2.88. The summed E-state index contributed by atoms with van der Waals surface area (Å²) >= 11 is 0. The third-order valence-electron chi connectivity index (χ3n) is 1.53. The zero-order valence-electron chi connectivity index (χ0n) is 8.91. The third-order valence-corrected chi connectivity index (χ3v) is 1.53. The molecule has 0 spiro atoms. The zero-order valence-corrected chi connectivity index (χ0v) is 8.91. The molecule has 0 bridgehead atoms. The van der Waals surface area contributed by atoms with Gasteiger partial charge in [-0.15, -0.1) is 0 Å². The van der Waals surface area contributed by atoms with Gasteiger partial charge in [-0.3, -0.25) is 0 Å². The highest BCUT2D eigenvalue weighted by molar-refractivity contribution is 4.81. The fraction of sp³-hybridized carbons (Fsp3) is 0.800. The van der Waals surface area contributed by atoms with Crippen LogP contribution in [0.1, 0.15) is 6.42 Å². The second-order valence-corrected chi connectivity index (χ2v) is 2.74. The minimum atomic E-state index is 0.566. The molecule has 0 aromatic heterocycles. The van der Waals surface area contributed by atoms with Gasteiger partial charge in [-0.25, -0.2) is 0 Å². The van der Waals surface area contributed by atoms with E-state index in [0.29, 0.717) is 26.4 Å². The molecule has 0 saturated carbocycles. The van der Waals surface area contributed by atoms with Crippen molar-refractivity contribution in [1.29, 1.82) is 0 Å². The summed E-state index contributed by atoms with van der Waals surface area (Å²) in [4.78, 5) is 0. The Kier molecular flexibility index (Phi) is 12.2. The smallest absolute Gasteiger partial charge is 0.0704 e. The predicted molar refractivity (Wildman–Crippen MR) is 56.3 cm³/mol. The van der Waals surface area contributed by atoms with Gasteiger partial charge < -0.3 is 19.9 Å². The van der Waals surface area contributed by atoms with Crippen LogP contribution in [-0.2, 0) is 14.2 Å². The summed E-state index contributed by atoms with van der Waals surface area (Å²) in [5.41, 5.74) is 5.26. The van der Waals surface area contributed by atoms with Crippen LogP contribution in [0.15, 0.2) is 12.2 Å². The maximum Gasteiger partial charge on any atom is 0.0704 e. The molecule has 0 aromatic rings. The Bertz CT molecular complexity index is 129. The second kappa shape index (κ2) is 12.6. The molecule has 0 unspecified atom stereocenters. The van der Waals surface area contributed by atoms with Crippen molar-refractivity contribution >= 4 is 0 Å². The van der Waals surface area contributed by atoms with E-state index in [1.165, 1.54) is 0 Å². The van der Waals surface area contributed by atoms with Crippen LogP contribution >= 0.6 is 0 Å². The Hall–Kier alpha value is -0.420.